The maximum atomic E-state index is 13.5. The molecule has 1 N–H and O–H groups in total. The highest BCUT2D eigenvalue weighted by molar-refractivity contribution is 5.98. The molecule has 5 nitrogen and oxygen atoms in total. The van der Waals surface area contributed by atoms with Gasteiger partial charge in [0.05, 0.1) is 34.7 Å². The Morgan fingerprint density at radius 1 is 0.735 bits per heavy atom. The Morgan fingerprint density at radius 2 is 1.35 bits per heavy atom. The van der Waals surface area contributed by atoms with E-state index in [1.165, 1.54) is 24.3 Å². The van der Waals surface area contributed by atoms with Gasteiger partial charge in [-0.2, -0.15) is 0 Å². The molecule has 0 aliphatic heterocycles. The van der Waals surface area contributed by atoms with Gasteiger partial charge in [0.2, 0.25) is 0 Å². The second kappa shape index (κ2) is 9.15. The molecular formula is C27H18F2N4O. The summed E-state index contributed by atoms with van der Waals surface area (Å²) in [5.41, 5.74) is 4.63. The number of hydrogen-bond donors (Lipinski definition) is 1. The van der Waals surface area contributed by atoms with E-state index in [-0.39, 0.29) is 17.5 Å². The minimum atomic E-state index is -0.368. The van der Waals surface area contributed by atoms with Crippen LogP contribution in [0, 0.1) is 11.6 Å². The van der Waals surface area contributed by atoms with Crippen molar-refractivity contribution >= 4 is 16.9 Å². The molecule has 3 aromatic carbocycles. The van der Waals surface area contributed by atoms with E-state index in [9.17, 15) is 13.6 Å². The molecule has 0 radical (unpaired) electrons. The summed E-state index contributed by atoms with van der Waals surface area (Å²) in [4.78, 5) is 26.4. The molecule has 5 rings (SSSR count). The molecule has 0 saturated carbocycles. The summed E-state index contributed by atoms with van der Waals surface area (Å²) >= 11 is 0. The van der Waals surface area contributed by atoms with Gasteiger partial charge in [0, 0.05) is 22.9 Å². The number of pyridine rings is 1. The van der Waals surface area contributed by atoms with E-state index < -0.39 is 0 Å². The first kappa shape index (κ1) is 21.3. The van der Waals surface area contributed by atoms with Gasteiger partial charge in [0.1, 0.15) is 11.6 Å². The highest BCUT2D eigenvalue weighted by atomic mass is 19.1. The largest absolute Gasteiger partial charge is 0.346 e. The van der Waals surface area contributed by atoms with E-state index in [0.29, 0.717) is 45.7 Å². The summed E-state index contributed by atoms with van der Waals surface area (Å²) in [5, 5.41) is 2.85. The maximum absolute atomic E-state index is 13.5. The predicted molar refractivity (Wildman–Crippen MR) is 126 cm³/mol. The first-order valence-electron chi connectivity index (χ1n) is 10.6. The number of amides is 1. The molecular weight excluding hydrogens is 434 g/mol. The number of aromatic nitrogens is 3. The van der Waals surface area contributed by atoms with E-state index >= 15 is 0 Å². The van der Waals surface area contributed by atoms with Gasteiger partial charge in [-0.15, -0.1) is 0 Å². The molecule has 34 heavy (non-hydrogen) atoms. The average molecular weight is 452 g/mol. The number of hydrogen-bond acceptors (Lipinski definition) is 4. The number of halogens is 2. The fourth-order valence-corrected chi connectivity index (χ4v) is 3.59. The highest BCUT2D eigenvalue weighted by Crippen LogP contribution is 2.31. The first-order chi connectivity index (χ1) is 16.6. The summed E-state index contributed by atoms with van der Waals surface area (Å²) < 4.78 is 27.0. The maximum Gasteiger partial charge on any atom is 0.251 e. The van der Waals surface area contributed by atoms with Crippen LogP contribution in [0.3, 0.4) is 0 Å². The van der Waals surface area contributed by atoms with Gasteiger partial charge in [0.25, 0.3) is 5.91 Å². The normalized spacial score (nSPS) is 10.9. The van der Waals surface area contributed by atoms with Gasteiger partial charge in [-0.1, -0.05) is 6.07 Å². The average Bonchev–Trinajstić information content (AvgIpc) is 2.88. The highest BCUT2D eigenvalue weighted by Gasteiger charge is 2.15. The molecule has 0 aliphatic rings. The van der Waals surface area contributed by atoms with E-state index in [4.69, 9.17) is 9.97 Å². The zero-order valence-corrected chi connectivity index (χ0v) is 17.9. The van der Waals surface area contributed by atoms with E-state index in [0.717, 1.165) is 5.69 Å². The predicted octanol–water partition coefficient (Wildman–Crippen LogP) is 5.57. The number of carbonyl (C=O) groups excluding carboxylic acids is 1. The van der Waals surface area contributed by atoms with Gasteiger partial charge in [-0.3, -0.25) is 9.78 Å². The Balaban J connectivity index is 1.55. The Morgan fingerprint density at radius 3 is 1.94 bits per heavy atom. The first-order valence-corrected chi connectivity index (χ1v) is 10.6. The number of nitrogens with one attached hydrogen (secondary N) is 1. The van der Waals surface area contributed by atoms with E-state index in [1.807, 2.05) is 18.2 Å². The van der Waals surface area contributed by atoms with E-state index in [2.05, 4.69) is 10.3 Å². The molecule has 0 unspecified atom stereocenters. The SMILES string of the molecule is O=C(NCc1ccccn1)c1ccc2nc(-c3ccc(F)cc3)c(-c3ccc(F)cc3)nc2c1. The van der Waals surface area contributed by atoms with Gasteiger partial charge >= 0.3 is 0 Å². The Bertz CT molecular complexity index is 1470. The third-order valence-electron chi connectivity index (χ3n) is 5.32. The van der Waals surface area contributed by atoms with Crippen LogP contribution in [0.4, 0.5) is 8.78 Å². The van der Waals surface area contributed by atoms with E-state index in [1.54, 1.807) is 48.7 Å². The summed E-state index contributed by atoms with van der Waals surface area (Å²) in [6.07, 6.45) is 1.67. The fraction of sp³-hybridized carbons (Fsp3) is 0.0370. The van der Waals surface area contributed by atoms with Crippen LogP contribution in [0.2, 0.25) is 0 Å². The minimum Gasteiger partial charge on any atom is -0.346 e. The minimum absolute atomic E-state index is 0.264. The number of benzene rings is 3. The lowest BCUT2D eigenvalue weighted by molar-refractivity contribution is 0.0950. The van der Waals surface area contributed by atoms with Crippen LogP contribution in [-0.4, -0.2) is 20.9 Å². The zero-order valence-electron chi connectivity index (χ0n) is 17.9. The van der Waals surface area contributed by atoms with Gasteiger partial charge in [0.15, 0.2) is 0 Å². The lowest BCUT2D eigenvalue weighted by Crippen LogP contribution is -2.23. The third-order valence-corrected chi connectivity index (χ3v) is 5.32. The van der Waals surface area contributed by atoms with Crippen LogP contribution < -0.4 is 5.32 Å². The summed E-state index contributed by atoms with van der Waals surface area (Å²) in [6, 6.07) is 22.4. The topological polar surface area (TPSA) is 67.8 Å². The molecule has 7 heteroatoms. The monoisotopic (exact) mass is 452 g/mol. The second-order valence-electron chi connectivity index (χ2n) is 7.64. The number of nitrogens with zero attached hydrogens (tertiary/aromatic N) is 3. The van der Waals surface area contributed by atoms with Crippen molar-refractivity contribution in [3.63, 3.8) is 0 Å². The van der Waals surface area contributed by atoms with Crippen LogP contribution in [0.1, 0.15) is 16.1 Å². The third kappa shape index (κ3) is 4.49. The molecule has 2 aromatic heterocycles. The summed E-state index contributed by atoms with van der Waals surface area (Å²) in [7, 11) is 0. The molecule has 0 aliphatic carbocycles. The van der Waals surface area contributed by atoms with Crippen molar-refractivity contribution in [3.8, 4) is 22.5 Å². The molecule has 0 bridgehead atoms. The lowest BCUT2D eigenvalue weighted by atomic mass is 10.0. The number of fused-ring (bicyclic) bond motifs is 1. The zero-order chi connectivity index (χ0) is 23.5. The Labute approximate surface area is 194 Å². The van der Waals surface area contributed by atoms with Gasteiger partial charge in [-0.05, 0) is 78.9 Å². The lowest BCUT2D eigenvalue weighted by Gasteiger charge is -2.12. The van der Waals surface area contributed by atoms with Crippen molar-refractivity contribution in [1.29, 1.82) is 0 Å². The quantitative estimate of drug-likeness (QED) is 0.379. The van der Waals surface area contributed by atoms with Crippen molar-refractivity contribution in [2.45, 2.75) is 6.54 Å². The second-order valence-corrected chi connectivity index (χ2v) is 7.64. The van der Waals surface area contributed by atoms with Crippen molar-refractivity contribution in [3.05, 3.63) is 114 Å². The van der Waals surface area contributed by atoms with Gasteiger partial charge in [-0.25, -0.2) is 18.7 Å². The van der Waals surface area contributed by atoms with Crippen molar-refractivity contribution in [1.82, 2.24) is 20.3 Å². The molecule has 0 spiro atoms. The number of carbonyl (C=O) groups is 1. The van der Waals surface area contributed by atoms with Crippen LogP contribution >= 0.6 is 0 Å². The van der Waals surface area contributed by atoms with Crippen LogP contribution in [0.25, 0.3) is 33.5 Å². The fourth-order valence-electron chi connectivity index (χ4n) is 3.59. The molecule has 0 atom stereocenters. The molecule has 2 heterocycles. The smallest absolute Gasteiger partial charge is 0.251 e. The molecule has 166 valence electrons. The van der Waals surface area contributed by atoms with Crippen LogP contribution in [0.15, 0.2) is 91.1 Å². The summed E-state index contributed by atoms with van der Waals surface area (Å²) in [6.45, 7) is 0.299. The van der Waals surface area contributed by atoms with Crippen LogP contribution in [-0.2, 0) is 6.54 Å². The van der Waals surface area contributed by atoms with Crippen molar-refractivity contribution < 1.29 is 13.6 Å². The molecule has 5 aromatic rings. The van der Waals surface area contributed by atoms with Crippen molar-refractivity contribution in [2.75, 3.05) is 0 Å². The van der Waals surface area contributed by atoms with Crippen molar-refractivity contribution in [2.24, 2.45) is 0 Å². The van der Waals surface area contributed by atoms with Gasteiger partial charge < -0.3 is 5.32 Å². The standard InChI is InChI=1S/C27H18F2N4O/c28-20-9-4-17(5-10-20)25-26(18-6-11-21(29)12-7-18)33-24-15-19(8-13-23(24)32-25)27(34)31-16-22-3-1-2-14-30-22/h1-15H,16H2,(H,31,34). The van der Waals surface area contributed by atoms with Crippen LogP contribution in [0.5, 0.6) is 0 Å². The molecule has 0 saturated heterocycles. The summed E-state index contributed by atoms with van der Waals surface area (Å²) in [5.74, 6) is -0.991. The molecule has 1 amide bonds. The number of rotatable bonds is 5. The Kier molecular flexibility index (Phi) is 5.74. The Hall–Kier alpha value is -4.52. The molecule has 0 fully saturated rings.